The van der Waals surface area contributed by atoms with Gasteiger partial charge in [-0.3, -0.25) is 14.0 Å². The SMILES string of the molecule is CC(C)N(C)Cc1ccc2c(c1)OCCC2n1cc(CC2C(=O)NC=CN2S(=O)(=O)c2cccc(C(F)(F)F)c2)nn1. The molecule has 3 heterocycles. The van der Waals surface area contributed by atoms with E-state index in [2.05, 4.69) is 41.4 Å². The third-order valence-electron chi connectivity index (χ3n) is 7.47. The molecule has 0 aliphatic carbocycles. The van der Waals surface area contributed by atoms with E-state index in [-0.39, 0.29) is 12.5 Å². The number of nitrogens with zero attached hydrogens (tertiary/aromatic N) is 5. The van der Waals surface area contributed by atoms with E-state index in [4.69, 9.17) is 4.74 Å². The average molecular weight is 605 g/mol. The lowest BCUT2D eigenvalue weighted by Gasteiger charge is -2.31. The fourth-order valence-corrected chi connectivity index (χ4v) is 6.41. The smallest absolute Gasteiger partial charge is 0.416 e. The minimum Gasteiger partial charge on any atom is -0.493 e. The van der Waals surface area contributed by atoms with Gasteiger partial charge in [0.1, 0.15) is 11.8 Å². The summed E-state index contributed by atoms with van der Waals surface area (Å²) in [4.78, 5) is 14.5. The number of benzene rings is 2. The van der Waals surface area contributed by atoms with Gasteiger partial charge in [0, 0.05) is 49.6 Å². The summed E-state index contributed by atoms with van der Waals surface area (Å²) in [5.41, 5.74) is 1.28. The summed E-state index contributed by atoms with van der Waals surface area (Å²) in [6, 6.07) is 8.41. The molecule has 2 aromatic carbocycles. The van der Waals surface area contributed by atoms with Crippen molar-refractivity contribution in [2.24, 2.45) is 0 Å². The summed E-state index contributed by atoms with van der Waals surface area (Å²) >= 11 is 0. The summed E-state index contributed by atoms with van der Waals surface area (Å²) in [6.45, 7) is 5.49. The van der Waals surface area contributed by atoms with Crippen LogP contribution >= 0.6 is 0 Å². The van der Waals surface area contributed by atoms with E-state index in [0.29, 0.717) is 30.8 Å². The molecule has 10 nitrogen and oxygen atoms in total. The number of nitrogens with one attached hydrogen (secondary N) is 1. The Morgan fingerprint density at radius 2 is 1.98 bits per heavy atom. The Kier molecular flexibility index (Phi) is 8.03. The van der Waals surface area contributed by atoms with E-state index in [1.165, 1.54) is 0 Å². The van der Waals surface area contributed by atoms with Gasteiger partial charge in [0.05, 0.1) is 28.8 Å². The summed E-state index contributed by atoms with van der Waals surface area (Å²) in [6.07, 6.45) is -0.342. The van der Waals surface area contributed by atoms with Crippen molar-refractivity contribution in [3.05, 3.63) is 83.4 Å². The van der Waals surface area contributed by atoms with E-state index in [0.717, 1.165) is 58.3 Å². The fraction of sp³-hybridized carbons (Fsp3) is 0.393. The van der Waals surface area contributed by atoms with Crippen molar-refractivity contribution in [1.82, 2.24) is 29.5 Å². The van der Waals surface area contributed by atoms with Gasteiger partial charge >= 0.3 is 6.18 Å². The number of alkyl halides is 3. The van der Waals surface area contributed by atoms with Crippen LogP contribution in [0.4, 0.5) is 13.2 Å². The molecule has 2 aliphatic rings. The first kappa shape index (κ1) is 29.6. The highest BCUT2D eigenvalue weighted by Crippen LogP contribution is 2.36. The molecule has 42 heavy (non-hydrogen) atoms. The zero-order valence-electron chi connectivity index (χ0n) is 23.2. The van der Waals surface area contributed by atoms with Gasteiger partial charge in [-0.2, -0.15) is 13.2 Å². The lowest BCUT2D eigenvalue weighted by molar-refractivity contribution is -0.137. The molecule has 0 bridgehead atoms. The highest BCUT2D eigenvalue weighted by molar-refractivity contribution is 7.89. The number of halogens is 3. The minimum atomic E-state index is -4.73. The number of hydrogen-bond donors (Lipinski definition) is 1. The van der Waals surface area contributed by atoms with Crippen LogP contribution in [0.1, 0.15) is 48.7 Å². The molecule has 0 saturated heterocycles. The number of ether oxygens (including phenoxy) is 1. The molecule has 14 heteroatoms. The van der Waals surface area contributed by atoms with Crippen LogP contribution in [0.25, 0.3) is 0 Å². The number of fused-ring (bicyclic) bond motifs is 1. The van der Waals surface area contributed by atoms with Crippen molar-refractivity contribution in [2.45, 2.75) is 62.4 Å². The van der Waals surface area contributed by atoms with Crippen LogP contribution in [-0.2, 0) is 34.0 Å². The summed E-state index contributed by atoms with van der Waals surface area (Å²) in [5.74, 6) is 0.117. The molecule has 2 unspecified atom stereocenters. The molecule has 0 spiro atoms. The van der Waals surface area contributed by atoms with E-state index >= 15 is 0 Å². The maximum Gasteiger partial charge on any atom is 0.416 e. The fourth-order valence-electron chi connectivity index (χ4n) is 4.91. The van der Waals surface area contributed by atoms with Gasteiger partial charge in [-0.25, -0.2) is 13.1 Å². The van der Waals surface area contributed by atoms with Crippen molar-refractivity contribution in [3.63, 3.8) is 0 Å². The number of hydrogen-bond acceptors (Lipinski definition) is 7. The topological polar surface area (TPSA) is 110 Å². The lowest BCUT2D eigenvalue weighted by atomic mass is 9.98. The number of aromatic nitrogens is 3. The van der Waals surface area contributed by atoms with Crippen LogP contribution in [0, 0.1) is 0 Å². The van der Waals surface area contributed by atoms with Crippen molar-refractivity contribution < 1.29 is 31.1 Å². The quantitative estimate of drug-likeness (QED) is 0.418. The number of carbonyl (C=O) groups is 1. The molecule has 2 atom stereocenters. The van der Waals surface area contributed by atoms with Crippen LogP contribution in [0.3, 0.4) is 0 Å². The third kappa shape index (κ3) is 6.00. The van der Waals surface area contributed by atoms with Gasteiger partial charge in [-0.05, 0) is 50.7 Å². The van der Waals surface area contributed by atoms with E-state index in [9.17, 15) is 26.4 Å². The molecule has 5 rings (SSSR count). The van der Waals surface area contributed by atoms with Crippen molar-refractivity contribution in [1.29, 1.82) is 0 Å². The first-order chi connectivity index (χ1) is 19.8. The van der Waals surface area contributed by atoms with E-state index < -0.39 is 38.6 Å². The Hall–Kier alpha value is -3.91. The normalized spacial score (nSPS) is 19.1. The number of rotatable bonds is 8. The molecular weight excluding hydrogens is 573 g/mol. The Morgan fingerprint density at radius 1 is 1.19 bits per heavy atom. The Bertz CT molecular complexity index is 1600. The predicted molar refractivity (Wildman–Crippen MR) is 147 cm³/mol. The molecule has 1 N–H and O–H groups in total. The summed E-state index contributed by atoms with van der Waals surface area (Å²) in [7, 11) is -2.45. The van der Waals surface area contributed by atoms with Crippen LogP contribution in [0.15, 0.2) is 66.0 Å². The molecule has 0 fully saturated rings. The van der Waals surface area contributed by atoms with Crippen LogP contribution < -0.4 is 10.1 Å². The molecule has 1 aromatic heterocycles. The van der Waals surface area contributed by atoms with Gasteiger partial charge in [-0.1, -0.05) is 23.4 Å². The zero-order valence-corrected chi connectivity index (χ0v) is 24.1. The Labute approximate surface area is 241 Å². The minimum absolute atomic E-state index is 0.148. The average Bonchev–Trinajstić information content (AvgIpc) is 3.41. The number of carbonyl (C=O) groups excluding carboxylic acids is 1. The molecule has 0 radical (unpaired) electrons. The largest absolute Gasteiger partial charge is 0.493 e. The van der Waals surface area contributed by atoms with E-state index in [1.807, 2.05) is 18.2 Å². The number of sulfonamides is 1. The molecule has 0 saturated carbocycles. The van der Waals surface area contributed by atoms with Gasteiger partial charge in [-0.15, -0.1) is 5.10 Å². The highest BCUT2D eigenvalue weighted by Gasteiger charge is 2.38. The first-order valence-electron chi connectivity index (χ1n) is 13.4. The maximum atomic E-state index is 13.4. The van der Waals surface area contributed by atoms with Crippen LogP contribution in [0.5, 0.6) is 5.75 Å². The lowest BCUT2D eigenvalue weighted by Crippen LogP contribution is -2.50. The molecule has 3 aromatic rings. The Morgan fingerprint density at radius 3 is 2.71 bits per heavy atom. The van der Waals surface area contributed by atoms with Gasteiger partial charge in [0.2, 0.25) is 5.91 Å². The van der Waals surface area contributed by atoms with Crippen molar-refractivity contribution in [3.8, 4) is 5.75 Å². The summed E-state index contributed by atoms with van der Waals surface area (Å²) < 4.78 is 74.9. The second kappa shape index (κ2) is 11.4. The molecule has 2 aliphatic heterocycles. The monoisotopic (exact) mass is 604 g/mol. The van der Waals surface area contributed by atoms with Gasteiger partial charge in [0.25, 0.3) is 10.0 Å². The van der Waals surface area contributed by atoms with Crippen LogP contribution in [0.2, 0.25) is 0 Å². The molecule has 1 amide bonds. The van der Waals surface area contributed by atoms with Crippen LogP contribution in [-0.4, -0.2) is 64.3 Å². The highest BCUT2D eigenvalue weighted by atomic mass is 32.2. The maximum absolute atomic E-state index is 13.4. The zero-order chi connectivity index (χ0) is 30.2. The standard InChI is InChI=1S/C28H31F3N6O4S/c1-18(2)35(3)16-19-7-8-23-24(9-12-41-26(23)13-19)36-17-21(33-34-36)15-25-27(38)32-10-11-37(25)42(39,40)22-6-4-5-20(14-22)28(29,30)31/h4-8,10-11,13-14,17-18,24-25H,9,12,15-16H2,1-3H3,(H,32,38). The second-order valence-corrected chi connectivity index (χ2v) is 12.5. The Balaban J connectivity index is 1.38. The predicted octanol–water partition coefficient (Wildman–Crippen LogP) is 3.71. The summed E-state index contributed by atoms with van der Waals surface area (Å²) in [5, 5.41) is 10.9. The van der Waals surface area contributed by atoms with Gasteiger partial charge < -0.3 is 10.1 Å². The third-order valence-corrected chi connectivity index (χ3v) is 9.25. The van der Waals surface area contributed by atoms with Crippen molar-refractivity contribution in [2.75, 3.05) is 13.7 Å². The van der Waals surface area contributed by atoms with Crippen molar-refractivity contribution >= 4 is 15.9 Å². The van der Waals surface area contributed by atoms with E-state index in [1.54, 1.807) is 10.9 Å². The molecule has 224 valence electrons. The van der Waals surface area contributed by atoms with Gasteiger partial charge in [0.15, 0.2) is 0 Å². The molecular formula is C28H31F3N6O4S. The first-order valence-corrected chi connectivity index (χ1v) is 14.8. The number of amides is 1. The second-order valence-electron chi connectivity index (χ2n) is 10.6.